The van der Waals surface area contributed by atoms with Gasteiger partial charge in [0.2, 0.25) is 5.96 Å². The van der Waals surface area contributed by atoms with Gasteiger partial charge >= 0.3 is 6.03 Å². The summed E-state index contributed by atoms with van der Waals surface area (Å²) in [4.78, 5) is 13.7. The molecule has 0 bridgehead atoms. The first-order valence-electron chi connectivity index (χ1n) is 8.60. The Kier molecular flexibility index (Phi) is 9.33. The predicted molar refractivity (Wildman–Crippen MR) is 112 cm³/mol. The van der Waals surface area contributed by atoms with Crippen molar-refractivity contribution in [3.8, 4) is 0 Å². The van der Waals surface area contributed by atoms with Crippen molar-refractivity contribution in [2.24, 2.45) is 5.73 Å². The van der Waals surface area contributed by atoms with E-state index >= 15 is 0 Å². The minimum Gasteiger partial charge on any atom is -0.379 e. The number of nitrogens with two attached hydrogens (primary N) is 1. The molecule has 0 aliphatic carbocycles. The summed E-state index contributed by atoms with van der Waals surface area (Å²) in [6.07, 6.45) is 0.830. The minimum atomic E-state index is -0.429. The zero-order chi connectivity index (χ0) is 18.9. The van der Waals surface area contributed by atoms with Crippen molar-refractivity contribution < 1.29 is 9.53 Å². The van der Waals surface area contributed by atoms with Crippen molar-refractivity contribution in [2.45, 2.75) is 20.3 Å². The molecular formula is C20H27ClN4O2. The summed E-state index contributed by atoms with van der Waals surface area (Å²) in [6.45, 7) is 5.11. The van der Waals surface area contributed by atoms with E-state index in [0.29, 0.717) is 25.4 Å². The number of carbonyl (C=O) groups excluding carboxylic acids is 1. The van der Waals surface area contributed by atoms with Crippen LogP contribution in [0.2, 0.25) is 0 Å². The van der Waals surface area contributed by atoms with Gasteiger partial charge in [-0.15, -0.1) is 12.4 Å². The van der Waals surface area contributed by atoms with E-state index in [0.717, 1.165) is 17.5 Å². The Labute approximate surface area is 166 Å². The number of guanidine groups is 1. The highest BCUT2D eigenvalue weighted by Gasteiger charge is 2.21. The van der Waals surface area contributed by atoms with Crippen molar-refractivity contribution in [1.29, 1.82) is 5.41 Å². The van der Waals surface area contributed by atoms with Crippen molar-refractivity contribution in [3.05, 3.63) is 65.2 Å². The number of halogens is 1. The van der Waals surface area contributed by atoms with Crippen LogP contribution in [0.1, 0.15) is 16.7 Å². The molecule has 146 valence electrons. The van der Waals surface area contributed by atoms with E-state index in [1.54, 1.807) is 0 Å². The summed E-state index contributed by atoms with van der Waals surface area (Å²) >= 11 is 0. The molecule has 4 N–H and O–H groups in total. The zero-order valence-corrected chi connectivity index (χ0v) is 16.5. The van der Waals surface area contributed by atoms with Crippen LogP contribution >= 0.6 is 12.4 Å². The molecule has 0 saturated heterocycles. The second-order valence-electron chi connectivity index (χ2n) is 6.04. The Balaban J connectivity index is 0.00000364. The quantitative estimate of drug-likeness (QED) is 0.384. The number of aryl methyl sites for hydroxylation is 2. The molecule has 0 aliphatic heterocycles. The van der Waals surface area contributed by atoms with Gasteiger partial charge in [-0.05, 0) is 37.0 Å². The van der Waals surface area contributed by atoms with E-state index in [1.165, 1.54) is 10.5 Å². The number of anilines is 1. The van der Waals surface area contributed by atoms with Gasteiger partial charge in [0.05, 0.1) is 18.9 Å². The Morgan fingerprint density at radius 1 is 1.07 bits per heavy atom. The van der Waals surface area contributed by atoms with E-state index in [9.17, 15) is 4.79 Å². The molecule has 2 aromatic rings. The predicted octanol–water partition coefficient (Wildman–Crippen LogP) is 3.39. The van der Waals surface area contributed by atoms with Crippen molar-refractivity contribution in [1.82, 2.24) is 5.32 Å². The Morgan fingerprint density at radius 3 is 2.30 bits per heavy atom. The number of benzene rings is 2. The molecule has 2 rings (SSSR count). The molecule has 2 aromatic carbocycles. The number of ether oxygens (including phenoxy) is 1. The average molecular weight is 391 g/mol. The number of nitrogens with one attached hydrogen (secondary N) is 2. The van der Waals surface area contributed by atoms with Crippen molar-refractivity contribution in [2.75, 3.05) is 24.7 Å². The minimum absolute atomic E-state index is 0. The molecule has 0 spiro atoms. The van der Waals surface area contributed by atoms with Crippen LogP contribution in [-0.2, 0) is 11.2 Å². The largest absolute Gasteiger partial charge is 0.379 e. The Bertz CT molecular complexity index is 733. The highest BCUT2D eigenvalue weighted by atomic mass is 35.5. The maximum Gasteiger partial charge on any atom is 0.328 e. The number of carbonyl (C=O) groups is 1. The number of urea groups is 1. The summed E-state index contributed by atoms with van der Waals surface area (Å²) in [7, 11) is 0. The fourth-order valence-electron chi connectivity index (χ4n) is 2.74. The number of nitrogens with zero attached hydrogens (tertiary/aromatic N) is 1. The molecule has 0 unspecified atom stereocenters. The third-order valence-corrected chi connectivity index (χ3v) is 4.01. The van der Waals surface area contributed by atoms with Crippen LogP contribution in [-0.4, -0.2) is 31.7 Å². The Morgan fingerprint density at radius 2 is 1.70 bits per heavy atom. The fraction of sp³-hybridized carbons (Fsp3) is 0.300. The molecule has 0 heterocycles. The second kappa shape index (κ2) is 11.2. The number of hydrogen-bond acceptors (Lipinski definition) is 3. The summed E-state index contributed by atoms with van der Waals surface area (Å²) in [5.74, 6) is -0.315. The highest BCUT2D eigenvalue weighted by molar-refractivity contribution is 6.14. The number of amides is 2. The molecular weight excluding hydrogens is 364 g/mol. The second-order valence-corrected chi connectivity index (χ2v) is 6.04. The van der Waals surface area contributed by atoms with Crippen LogP contribution in [0.3, 0.4) is 0 Å². The molecule has 0 aromatic heterocycles. The standard InChI is InChI=1S/C20H26N4O2.ClH/c1-15-7-6-8-16(2)18(15)24(19(21)22)20(25)23-12-14-26-13-11-17-9-4-3-5-10-17;/h3-10H,11-14H2,1-2H3,(H3,21,22)(H,23,25);1H. The monoisotopic (exact) mass is 390 g/mol. The van der Waals surface area contributed by atoms with Gasteiger partial charge in [-0.1, -0.05) is 48.5 Å². The lowest BCUT2D eigenvalue weighted by atomic mass is 10.1. The van der Waals surface area contributed by atoms with Crippen LogP contribution in [0, 0.1) is 19.3 Å². The van der Waals surface area contributed by atoms with E-state index in [-0.39, 0.29) is 18.4 Å². The summed E-state index contributed by atoms with van der Waals surface area (Å²) in [5.41, 5.74) is 9.27. The molecule has 0 aliphatic rings. The number of hydrogen-bond donors (Lipinski definition) is 3. The zero-order valence-electron chi connectivity index (χ0n) is 15.7. The molecule has 6 nitrogen and oxygen atoms in total. The van der Waals surface area contributed by atoms with Gasteiger partial charge in [0, 0.05) is 6.54 Å². The molecule has 0 fully saturated rings. The van der Waals surface area contributed by atoms with E-state index in [2.05, 4.69) is 17.4 Å². The molecule has 27 heavy (non-hydrogen) atoms. The summed E-state index contributed by atoms with van der Waals surface area (Å²) in [6, 6.07) is 15.3. The van der Waals surface area contributed by atoms with E-state index in [4.69, 9.17) is 15.9 Å². The third kappa shape index (κ3) is 6.58. The van der Waals surface area contributed by atoms with Crippen molar-refractivity contribution >= 4 is 30.1 Å². The molecule has 2 amide bonds. The van der Waals surface area contributed by atoms with Crippen LogP contribution in [0.15, 0.2) is 48.5 Å². The maximum absolute atomic E-state index is 12.5. The van der Waals surface area contributed by atoms with Crippen molar-refractivity contribution in [3.63, 3.8) is 0 Å². The van der Waals surface area contributed by atoms with Gasteiger partial charge in [0.15, 0.2) is 0 Å². The van der Waals surface area contributed by atoms with Gasteiger partial charge in [0.25, 0.3) is 0 Å². The Hall–Kier alpha value is -2.57. The maximum atomic E-state index is 12.5. The summed E-state index contributed by atoms with van der Waals surface area (Å²) < 4.78 is 5.56. The third-order valence-electron chi connectivity index (χ3n) is 4.01. The first-order chi connectivity index (χ1) is 12.5. The van der Waals surface area contributed by atoms with Crippen LogP contribution in [0.5, 0.6) is 0 Å². The lowest BCUT2D eigenvalue weighted by molar-refractivity contribution is 0.140. The highest BCUT2D eigenvalue weighted by Crippen LogP contribution is 2.24. The van der Waals surface area contributed by atoms with Gasteiger partial charge < -0.3 is 15.8 Å². The normalized spacial score (nSPS) is 10.0. The van der Waals surface area contributed by atoms with Gasteiger partial charge in [0.1, 0.15) is 0 Å². The topological polar surface area (TPSA) is 91.4 Å². The van der Waals surface area contributed by atoms with E-state index in [1.807, 2.05) is 50.2 Å². The average Bonchev–Trinajstić information content (AvgIpc) is 2.61. The van der Waals surface area contributed by atoms with Gasteiger partial charge in [-0.2, -0.15) is 0 Å². The number of para-hydroxylation sites is 1. The van der Waals surface area contributed by atoms with E-state index < -0.39 is 6.03 Å². The SMILES string of the molecule is Cc1cccc(C)c1N(C(=N)N)C(=O)NCCOCCc1ccccc1.Cl. The molecule has 0 atom stereocenters. The van der Waals surface area contributed by atoms with Crippen LogP contribution in [0.25, 0.3) is 0 Å². The van der Waals surface area contributed by atoms with Crippen LogP contribution < -0.4 is 16.0 Å². The molecule has 0 radical (unpaired) electrons. The first-order valence-corrected chi connectivity index (χ1v) is 8.60. The number of rotatable bonds is 7. The smallest absolute Gasteiger partial charge is 0.328 e. The molecule has 0 saturated carbocycles. The van der Waals surface area contributed by atoms with Gasteiger partial charge in [-0.3, -0.25) is 5.41 Å². The lowest BCUT2D eigenvalue weighted by Crippen LogP contribution is -2.48. The first kappa shape index (κ1) is 22.5. The fourth-order valence-corrected chi connectivity index (χ4v) is 2.74. The van der Waals surface area contributed by atoms with Gasteiger partial charge in [-0.25, -0.2) is 9.69 Å². The molecule has 7 heteroatoms. The lowest BCUT2D eigenvalue weighted by Gasteiger charge is -2.24. The summed E-state index contributed by atoms with van der Waals surface area (Å²) in [5, 5.41) is 10.5. The van der Waals surface area contributed by atoms with Crippen LogP contribution in [0.4, 0.5) is 10.5 Å².